The molecule has 0 saturated heterocycles. The van der Waals surface area contributed by atoms with Crippen LogP contribution in [-0.2, 0) is 10.0 Å². The average molecular weight is 428 g/mol. The third-order valence-electron chi connectivity index (χ3n) is 3.90. The molecule has 0 saturated carbocycles. The van der Waals surface area contributed by atoms with E-state index < -0.39 is 38.7 Å². The smallest absolute Gasteiger partial charge is 0.233 e. The molecule has 3 aromatic rings. The summed E-state index contributed by atoms with van der Waals surface area (Å²) >= 11 is 6.09. The van der Waals surface area contributed by atoms with Gasteiger partial charge in [-0.1, -0.05) is 25.4 Å². The summed E-state index contributed by atoms with van der Waals surface area (Å²) in [5, 5.41) is 0.406. The van der Waals surface area contributed by atoms with Crippen molar-refractivity contribution >= 4 is 44.1 Å². The van der Waals surface area contributed by atoms with Gasteiger partial charge in [-0.05, 0) is 24.1 Å². The van der Waals surface area contributed by atoms with Gasteiger partial charge in [0.25, 0.3) is 0 Å². The molecule has 148 valence electrons. The number of nitrogens with zero attached hydrogens (tertiary/aromatic N) is 1. The van der Waals surface area contributed by atoms with Gasteiger partial charge in [-0.25, -0.2) is 22.2 Å². The SMILES string of the molecule is CC(C)CS(=O)(=O)Nc1ccc(F)c(C(=O)c2c[nH]c3nccc(Cl)c23)c1F. The highest BCUT2D eigenvalue weighted by atomic mass is 35.5. The Bertz CT molecular complexity index is 1180. The molecular formula is C18H16ClF2N3O3S. The van der Waals surface area contributed by atoms with Crippen LogP contribution in [0.5, 0.6) is 0 Å². The molecule has 10 heteroatoms. The van der Waals surface area contributed by atoms with Gasteiger partial charge in [0.15, 0.2) is 5.82 Å². The number of carbonyl (C=O) groups excluding carboxylic acids is 1. The molecule has 0 spiro atoms. The number of nitrogens with one attached hydrogen (secondary N) is 2. The normalized spacial score (nSPS) is 11.9. The minimum Gasteiger partial charge on any atom is -0.345 e. The van der Waals surface area contributed by atoms with Gasteiger partial charge < -0.3 is 4.98 Å². The molecule has 0 aliphatic carbocycles. The van der Waals surface area contributed by atoms with Crippen molar-refractivity contribution in [3.05, 3.63) is 58.4 Å². The number of fused-ring (bicyclic) bond motifs is 1. The molecule has 0 radical (unpaired) electrons. The van der Waals surface area contributed by atoms with Crippen molar-refractivity contribution in [2.24, 2.45) is 5.92 Å². The quantitative estimate of drug-likeness (QED) is 0.579. The van der Waals surface area contributed by atoms with Gasteiger partial charge in [0, 0.05) is 17.8 Å². The number of H-pyrrole nitrogens is 1. The third-order valence-corrected chi connectivity index (χ3v) is 5.86. The Morgan fingerprint density at radius 3 is 2.68 bits per heavy atom. The summed E-state index contributed by atoms with van der Waals surface area (Å²) in [5.41, 5.74) is -1.18. The van der Waals surface area contributed by atoms with E-state index in [1.807, 2.05) is 0 Å². The number of pyridine rings is 1. The zero-order chi connectivity index (χ0) is 20.6. The van der Waals surface area contributed by atoms with Gasteiger partial charge >= 0.3 is 0 Å². The summed E-state index contributed by atoms with van der Waals surface area (Å²) < 4.78 is 55.5. The third kappa shape index (κ3) is 3.85. The maximum Gasteiger partial charge on any atom is 0.233 e. The van der Waals surface area contributed by atoms with Crippen LogP contribution in [0.4, 0.5) is 14.5 Å². The number of benzene rings is 1. The number of sulfonamides is 1. The van der Waals surface area contributed by atoms with Crippen LogP contribution in [0.15, 0.2) is 30.6 Å². The number of aromatic nitrogens is 2. The first-order valence-corrected chi connectivity index (χ1v) is 10.3. The molecule has 0 bridgehead atoms. The lowest BCUT2D eigenvalue weighted by Gasteiger charge is -2.13. The highest BCUT2D eigenvalue weighted by Gasteiger charge is 2.26. The zero-order valence-corrected chi connectivity index (χ0v) is 16.5. The molecule has 1 aromatic carbocycles. The van der Waals surface area contributed by atoms with Crippen LogP contribution in [-0.4, -0.2) is 29.9 Å². The van der Waals surface area contributed by atoms with Gasteiger partial charge in [-0.3, -0.25) is 9.52 Å². The molecule has 0 aliphatic rings. The van der Waals surface area contributed by atoms with Crippen LogP contribution in [0.3, 0.4) is 0 Å². The van der Waals surface area contributed by atoms with E-state index in [1.54, 1.807) is 13.8 Å². The fraction of sp³-hybridized carbons (Fsp3) is 0.222. The van der Waals surface area contributed by atoms with Gasteiger partial charge in [-0.2, -0.15) is 0 Å². The largest absolute Gasteiger partial charge is 0.345 e. The van der Waals surface area contributed by atoms with E-state index in [0.29, 0.717) is 0 Å². The van der Waals surface area contributed by atoms with Crippen molar-refractivity contribution < 1.29 is 22.0 Å². The summed E-state index contributed by atoms with van der Waals surface area (Å²) in [7, 11) is -3.87. The van der Waals surface area contributed by atoms with Crippen molar-refractivity contribution in [2.75, 3.05) is 10.5 Å². The predicted octanol–water partition coefficient (Wildman–Crippen LogP) is 4.12. The van der Waals surface area contributed by atoms with E-state index in [-0.39, 0.29) is 33.3 Å². The van der Waals surface area contributed by atoms with E-state index in [4.69, 9.17) is 11.6 Å². The lowest BCUT2D eigenvalue weighted by molar-refractivity contribution is 0.103. The minimum absolute atomic E-state index is 0.0758. The van der Waals surface area contributed by atoms with E-state index >= 15 is 0 Å². The van der Waals surface area contributed by atoms with E-state index in [0.717, 1.165) is 12.1 Å². The van der Waals surface area contributed by atoms with Crippen LogP contribution in [0.1, 0.15) is 29.8 Å². The fourth-order valence-corrected chi connectivity index (χ4v) is 4.52. The second-order valence-corrected chi connectivity index (χ2v) is 8.78. The van der Waals surface area contributed by atoms with Crippen LogP contribution in [0, 0.1) is 17.6 Å². The van der Waals surface area contributed by atoms with Gasteiger partial charge in [-0.15, -0.1) is 0 Å². The Morgan fingerprint density at radius 2 is 2.00 bits per heavy atom. The molecule has 6 nitrogen and oxygen atoms in total. The number of carbonyl (C=O) groups is 1. The predicted molar refractivity (Wildman–Crippen MR) is 103 cm³/mol. The van der Waals surface area contributed by atoms with Gasteiger partial charge in [0.2, 0.25) is 15.8 Å². The summed E-state index contributed by atoms with van der Waals surface area (Å²) in [6, 6.07) is 3.21. The first kappa shape index (κ1) is 20.2. The molecule has 0 fully saturated rings. The second-order valence-electron chi connectivity index (χ2n) is 6.61. The summed E-state index contributed by atoms with van der Waals surface area (Å²) in [4.78, 5) is 19.6. The lowest BCUT2D eigenvalue weighted by atomic mass is 10.0. The Hall–Kier alpha value is -2.52. The minimum atomic E-state index is -3.87. The Morgan fingerprint density at radius 1 is 1.29 bits per heavy atom. The first-order valence-electron chi connectivity index (χ1n) is 8.25. The van der Waals surface area contributed by atoms with E-state index in [9.17, 15) is 22.0 Å². The Balaban J connectivity index is 2.08. The van der Waals surface area contributed by atoms with Crippen LogP contribution >= 0.6 is 11.6 Å². The number of hydrogen-bond acceptors (Lipinski definition) is 4. The Kier molecular flexibility index (Phi) is 5.40. The Labute approximate surface area is 165 Å². The molecule has 2 N–H and O–H groups in total. The molecule has 0 unspecified atom stereocenters. The molecule has 0 aliphatic heterocycles. The topological polar surface area (TPSA) is 91.9 Å². The zero-order valence-electron chi connectivity index (χ0n) is 14.9. The van der Waals surface area contributed by atoms with Gasteiger partial charge in [0.1, 0.15) is 11.5 Å². The summed E-state index contributed by atoms with van der Waals surface area (Å²) in [6.45, 7) is 3.37. The van der Waals surface area contributed by atoms with Crippen molar-refractivity contribution in [2.45, 2.75) is 13.8 Å². The highest BCUT2D eigenvalue weighted by Crippen LogP contribution is 2.30. The second kappa shape index (κ2) is 7.48. The lowest BCUT2D eigenvalue weighted by Crippen LogP contribution is -2.21. The molecular weight excluding hydrogens is 412 g/mol. The van der Waals surface area contributed by atoms with Crippen LogP contribution in [0.25, 0.3) is 11.0 Å². The number of hydrogen-bond donors (Lipinski definition) is 2. The van der Waals surface area contributed by atoms with E-state index in [2.05, 4.69) is 14.7 Å². The van der Waals surface area contributed by atoms with Crippen LogP contribution in [0.2, 0.25) is 5.02 Å². The molecule has 2 heterocycles. The summed E-state index contributed by atoms with van der Waals surface area (Å²) in [5.74, 6) is -3.86. The van der Waals surface area contributed by atoms with Gasteiger partial charge in [0.05, 0.1) is 27.6 Å². The molecule has 2 aromatic heterocycles. The summed E-state index contributed by atoms with van der Waals surface area (Å²) in [6.07, 6.45) is 2.67. The monoisotopic (exact) mass is 427 g/mol. The number of rotatable bonds is 6. The van der Waals surface area contributed by atoms with Crippen molar-refractivity contribution in [1.29, 1.82) is 0 Å². The fourth-order valence-electron chi connectivity index (χ4n) is 2.82. The molecule has 3 rings (SSSR count). The molecule has 0 atom stereocenters. The number of ketones is 1. The first-order chi connectivity index (χ1) is 13.1. The maximum atomic E-state index is 14.9. The number of aromatic amines is 1. The number of anilines is 1. The van der Waals surface area contributed by atoms with Crippen molar-refractivity contribution in [3.63, 3.8) is 0 Å². The average Bonchev–Trinajstić information content (AvgIpc) is 3.02. The number of halogens is 3. The molecule has 0 amide bonds. The standard InChI is InChI=1S/C18H16ClF2N3O3S/c1-9(2)8-28(26,27)24-13-4-3-12(20)15(16(13)21)17(25)10-7-23-18-14(10)11(19)5-6-22-18/h3-7,9,24H,8H2,1-2H3,(H,22,23). The van der Waals surface area contributed by atoms with Crippen molar-refractivity contribution in [3.8, 4) is 0 Å². The molecule has 28 heavy (non-hydrogen) atoms. The highest BCUT2D eigenvalue weighted by molar-refractivity contribution is 7.92. The maximum absolute atomic E-state index is 14.9. The van der Waals surface area contributed by atoms with E-state index in [1.165, 1.54) is 18.5 Å². The van der Waals surface area contributed by atoms with Crippen molar-refractivity contribution in [1.82, 2.24) is 9.97 Å². The van der Waals surface area contributed by atoms with Crippen LogP contribution < -0.4 is 4.72 Å².